The first-order valence-electron chi connectivity index (χ1n) is 14.0. The van der Waals surface area contributed by atoms with Gasteiger partial charge in [-0.05, 0) is 56.2 Å². The lowest BCUT2D eigenvalue weighted by molar-refractivity contribution is -0.140. The van der Waals surface area contributed by atoms with E-state index in [0.717, 1.165) is 43.2 Å². The third kappa shape index (κ3) is 5.31. The SMILES string of the molecule is CCCCC[C@H](C)NC(=O)[C@@H]1C[C@@]2(C)C[C@H]2N1C(=O)Cn1nc(C(C)=O)c2cc(-c3cnc(C)nc3)ccc21. The molecule has 1 saturated heterocycles. The zero-order chi connectivity index (χ0) is 27.9. The van der Waals surface area contributed by atoms with Gasteiger partial charge in [-0.3, -0.25) is 19.1 Å². The van der Waals surface area contributed by atoms with Gasteiger partial charge in [0.1, 0.15) is 24.1 Å². The number of benzene rings is 1. The van der Waals surface area contributed by atoms with Crippen molar-refractivity contribution in [2.24, 2.45) is 5.41 Å². The lowest BCUT2D eigenvalue weighted by Crippen LogP contribution is -2.50. The largest absolute Gasteiger partial charge is 0.352 e. The van der Waals surface area contributed by atoms with Gasteiger partial charge >= 0.3 is 0 Å². The van der Waals surface area contributed by atoms with Gasteiger partial charge in [-0.25, -0.2) is 9.97 Å². The van der Waals surface area contributed by atoms with Crippen LogP contribution in [-0.4, -0.2) is 60.4 Å². The number of hydrogen-bond donors (Lipinski definition) is 1. The molecule has 5 rings (SSSR count). The van der Waals surface area contributed by atoms with E-state index in [0.29, 0.717) is 28.8 Å². The van der Waals surface area contributed by atoms with E-state index >= 15 is 0 Å². The molecule has 2 aromatic heterocycles. The smallest absolute Gasteiger partial charge is 0.245 e. The number of aryl methyl sites for hydroxylation is 1. The Kier molecular flexibility index (Phi) is 7.27. The van der Waals surface area contributed by atoms with E-state index in [1.165, 1.54) is 6.92 Å². The molecule has 0 spiro atoms. The fraction of sp³-hybridized carbons (Fsp3) is 0.533. The Balaban J connectivity index is 1.38. The first-order valence-corrected chi connectivity index (χ1v) is 14.0. The molecular formula is C30H38N6O3. The molecule has 0 radical (unpaired) electrons. The number of amides is 2. The Morgan fingerprint density at radius 1 is 1.13 bits per heavy atom. The first kappa shape index (κ1) is 27.0. The summed E-state index contributed by atoms with van der Waals surface area (Å²) in [4.78, 5) is 49.8. The number of carbonyl (C=O) groups excluding carboxylic acids is 3. The van der Waals surface area contributed by atoms with Crippen LogP contribution in [0.4, 0.5) is 0 Å². The summed E-state index contributed by atoms with van der Waals surface area (Å²) < 4.78 is 1.60. The molecule has 1 aliphatic carbocycles. The summed E-state index contributed by atoms with van der Waals surface area (Å²) in [5.74, 6) is 0.298. The Bertz CT molecular complexity index is 1410. The van der Waals surface area contributed by atoms with E-state index < -0.39 is 6.04 Å². The molecule has 1 N–H and O–H groups in total. The van der Waals surface area contributed by atoms with Gasteiger partial charge in [0.05, 0.1) is 5.52 Å². The third-order valence-corrected chi connectivity index (χ3v) is 8.34. The average molecular weight is 531 g/mol. The molecule has 1 aromatic carbocycles. The van der Waals surface area contributed by atoms with E-state index in [1.807, 2.05) is 32.0 Å². The van der Waals surface area contributed by atoms with Crippen molar-refractivity contribution < 1.29 is 14.4 Å². The van der Waals surface area contributed by atoms with Crippen LogP contribution in [-0.2, 0) is 16.1 Å². The highest BCUT2D eigenvalue weighted by Crippen LogP contribution is 2.59. The van der Waals surface area contributed by atoms with Crippen LogP contribution in [0.1, 0.15) is 82.5 Å². The number of rotatable bonds is 10. The number of Topliss-reactive ketones (excluding diaryl/α,β-unsaturated/α-hetero) is 1. The summed E-state index contributed by atoms with van der Waals surface area (Å²) >= 11 is 0. The molecule has 206 valence electrons. The maximum absolute atomic E-state index is 13.7. The van der Waals surface area contributed by atoms with Crippen molar-refractivity contribution in [3.05, 3.63) is 42.1 Å². The lowest BCUT2D eigenvalue weighted by Gasteiger charge is -2.28. The highest BCUT2D eigenvalue weighted by Gasteiger charge is 2.64. The van der Waals surface area contributed by atoms with Crippen LogP contribution in [0.15, 0.2) is 30.6 Å². The normalized spacial score (nSPS) is 22.5. The maximum Gasteiger partial charge on any atom is 0.245 e. The van der Waals surface area contributed by atoms with Crippen LogP contribution >= 0.6 is 0 Å². The molecular weight excluding hydrogens is 492 g/mol. The number of nitrogens with one attached hydrogen (secondary N) is 1. The van der Waals surface area contributed by atoms with Crippen LogP contribution in [0.25, 0.3) is 22.0 Å². The van der Waals surface area contributed by atoms with Gasteiger partial charge in [-0.15, -0.1) is 0 Å². The molecule has 4 atom stereocenters. The van der Waals surface area contributed by atoms with Crippen LogP contribution < -0.4 is 5.32 Å². The monoisotopic (exact) mass is 530 g/mol. The summed E-state index contributed by atoms with van der Waals surface area (Å²) in [6.07, 6.45) is 9.39. The number of unbranched alkanes of at least 4 members (excludes halogenated alkanes) is 2. The molecule has 2 amide bonds. The summed E-state index contributed by atoms with van der Waals surface area (Å²) in [5, 5.41) is 8.39. The predicted octanol–water partition coefficient (Wildman–Crippen LogP) is 4.47. The minimum atomic E-state index is -0.475. The first-order chi connectivity index (χ1) is 18.6. The maximum atomic E-state index is 13.7. The molecule has 3 aromatic rings. The van der Waals surface area contributed by atoms with Crippen LogP contribution in [0, 0.1) is 12.3 Å². The number of carbonyl (C=O) groups is 3. The van der Waals surface area contributed by atoms with Gasteiger partial charge in [0.2, 0.25) is 11.8 Å². The molecule has 2 fully saturated rings. The fourth-order valence-corrected chi connectivity index (χ4v) is 5.96. The number of fused-ring (bicyclic) bond motifs is 2. The van der Waals surface area contributed by atoms with Crippen molar-refractivity contribution in [1.82, 2.24) is 30.0 Å². The van der Waals surface area contributed by atoms with Gasteiger partial charge in [-0.1, -0.05) is 39.2 Å². The zero-order valence-electron chi connectivity index (χ0n) is 23.5. The summed E-state index contributed by atoms with van der Waals surface area (Å²) in [5.41, 5.74) is 2.72. The predicted molar refractivity (Wildman–Crippen MR) is 149 cm³/mol. The molecule has 1 saturated carbocycles. The van der Waals surface area contributed by atoms with Crippen molar-refractivity contribution in [2.45, 2.75) is 97.8 Å². The molecule has 9 heteroatoms. The van der Waals surface area contributed by atoms with Gasteiger partial charge in [-0.2, -0.15) is 5.10 Å². The van der Waals surface area contributed by atoms with E-state index in [-0.39, 0.29) is 41.6 Å². The number of likely N-dealkylation sites (tertiary alicyclic amines) is 1. The number of ketones is 1. The summed E-state index contributed by atoms with van der Waals surface area (Å²) in [6.45, 7) is 9.64. The topological polar surface area (TPSA) is 110 Å². The Morgan fingerprint density at radius 2 is 1.87 bits per heavy atom. The summed E-state index contributed by atoms with van der Waals surface area (Å²) in [7, 11) is 0. The number of aromatic nitrogens is 4. The minimum absolute atomic E-state index is 0.00907. The van der Waals surface area contributed by atoms with Crippen molar-refractivity contribution in [3.63, 3.8) is 0 Å². The van der Waals surface area contributed by atoms with Gasteiger partial charge in [0, 0.05) is 42.4 Å². The van der Waals surface area contributed by atoms with Crippen molar-refractivity contribution in [1.29, 1.82) is 0 Å². The second-order valence-corrected chi connectivity index (χ2v) is 11.6. The van der Waals surface area contributed by atoms with Gasteiger partial charge < -0.3 is 10.2 Å². The summed E-state index contributed by atoms with van der Waals surface area (Å²) in [6, 6.07) is 5.37. The number of hydrogen-bond acceptors (Lipinski definition) is 6. The van der Waals surface area contributed by atoms with Crippen LogP contribution in [0.3, 0.4) is 0 Å². The Morgan fingerprint density at radius 3 is 2.56 bits per heavy atom. The van der Waals surface area contributed by atoms with E-state index in [1.54, 1.807) is 22.0 Å². The van der Waals surface area contributed by atoms with Crippen LogP contribution in [0.2, 0.25) is 0 Å². The number of nitrogens with zero attached hydrogens (tertiary/aromatic N) is 5. The molecule has 1 aliphatic heterocycles. The van der Waals surface area contributed by atoms with Crippen LogP contribution in [0.5, 0.6) is 0 Å². The highest BCUT2D eigenvalue weighted by molar-refractivity contribution is 6.06. The minimum Gasteiger partial charge on any atom is -0.352 e. The Hall–Kier alpha value is -3.62. The molecule has 39 heavy (non-hydrogen) atoms. The van der Waals surface area contributed by atoms with Crippen molar-refractivity contribution in [3.8, 4) is 11.1 Å². The molecule has 9 nitrogen and oxygen atoms in total. The molecule has 0 unspecified atom stereocenters. The second-order valence-electron chi connectivity index (χ2n) is 11.6. The van der Waals surface area contributed by atoms with Crippen molar-refractivity contribution in [2.75, 3.05) is 0 Å². The van der Waals surface area contributed by atoms with Crippen molar-refractivity contribution >= 4 is 28.5 Å². The third-order valence-electron chi connectivity index (χ3n) is 8.34. The second kappa shape index (κ2) is 10.5. The van der Waals surface area contributed by atoms with E-state index in [2.05, 4.69) is 34.2 Å². The van der Waals surface area contributed by atoms with Gasteiger partial charge in [0.15, 0.2) is 5.78 Å². The highest BCUT2D eigenvalue weighted by atomic mass is 16.2. The quantitative estimate of drug-likeness (QED) is 0.306. The fourth-order valence-electron chi connectivity index (χ4n) is 5.96. The Labute approximate surface area is 229 Å². The standard InChI is InChI=1S/C30H38N6O3/c1-6-7-8-9-18(2)33-29(39)25-13-30(5)14-26(30)36(25)27(38)17-35-24-11-10-21(22-15-31-20(4)32-16-22)12-23(24)28(34-35)19(3)37/h10-12,15-16,18,25-26H,6-9,13-14,17H2,1-5H3,(H,33,39)/t18-,25-,26+,30-/m0/s1. The average Bonchev–Trinajstić information content (AvgIpc) is 3.26. The lowest BCUT2D eigenvalue weighted by atomic mass is 10.0. The van der Waals surface area contributed by atoms with E-state index in [4.69, 9.17) is 0 Å². The van der Waals surface area contributed by atoms with Gasteiger partial charge in [0.25, 0.3) is 0 Å². The molecule has 2 aliphatic rings. The molecule has 0 bridgehead atoms. The zero-order valence-corrected chi connectivity index (χ0v) is 23.5. The van der Waals surface area contributed by atoms with E-state index in [9.17, 15) is 14.4 Å². The molecule has 3 heterocycles. The number of piperidine rings is 1.